The highest BCUT2D eigenvalue weighted by Crippen LogP contribution is 2.16. The SMILES string of the molecule is CC(C)C[C@H](N)C(=O)NCC(=O)N[C@@H](CO)C(=O)N[C@@H](COC(=O)C(F)(F)F)C(=O)O. The topological polar surface area (TPSA) is 197 Å². The lowest BCUT2D eigenvalue weighted by molar-refractivity contribution is -0.200. The molecule has 0 spiro atoms. The van der Waals surface area contributed by atoms with E-state index in [0.717, 1.165) is 0 Å². The molecule has 0 fully saturated rings. The van der Waals surface area contributed by atoms with E-state index in [1.54, 1.807) is 5.32 Å². The van der Waals surface area contributed by atoms with Crippen LogP contribution in [0.4, 0.5) is 13.2 Å². The third-order valence-electron chi connectivity index (χ3n) is 3.55. The predicted molar refractivity (Wildman–Crippen MR) is 96.0 cm³/mol. The Balaban J connectivity index is 4.75. The van der Waals surface area contributed by atoms with Gasteiger partial charge in [-0.05, 0) is 12.3 Å². The van der Waals surface area contributed by atoms with Gasteiger partial charge in [0.05, 0.1) is 19.2 Å². The minimum absolute atomic E-state index is 0.120. The number of nitrogens with one attached hydrogen (secondary N) is 3. The molecule has 0 aliphatic rings. The number of esters is 1. The fraction of sp³-hybridized carbons (Fsp3) is 0.688. The Morgan fingerprint density at radius 2 is 1.61 bits per heavy atom. The Kier molecular flexibility index (Phi) is 11.5. The summed E-state index contributed by atoms with van der Waals surface area (Å²) < 4.78 is 40.1. The average molecular weight is 458 g/mol. The number of ether oxygens (including phenoxy) is 1. The molecule has 12 nitrogen and oxygen atoms in total. The van der Waals surface area contributed by atoms with Gasteiger partial charge in [0.25, 0.3) is 0 Å². The minimum Gasteiger partial charge on any atom is -0.480 e. The molecule has 0 rings (SSSR count). The summed E-state index contributed by atoms with van der Waals surface area (Å²) in [5.74, 6) is -7.23. The maximum atomic E-state index is 12.1. The van der Waals surface area contributed by atoms with Crippen LogP contribution in [-0.2, 0) is 28.7 Å². The molecule has 3 atom stereocenters. The lowest BCUT2D eigenvalue weighted by Crippen LogP contribution is -2.56. The molecule has 0 aromatic heterocycles. The van der Waals surface area contributed by atoms with Crippen molar-refractivity contribution in [3.63, 3.8) is 0 Å². The van der Waals surface area contributed by atoms with Gasteiger partial charge in [0.15, 0.2) is 6.04 Å². The molecule has 15 heteroatoms. The van der Waals surface area contributed by atoms with E-state index in [9.17, 15) is 42.3 Å². The Morgan fingerprint density at radius 3 is 2.06 bits per heavy atom. The van der Waals surface area contributed by atoms with E-state index in [1.165, 1.54) is 0 Å². The summed E-state index contributed by atoms with van der Waals surface area (Å²) in [5.41, 5.74) is 5.63. The standard InChI is InChI=1S/C16H25F3N4O8/c1-7(2)3-8(20)12(26)21-4-11(25)22-9(5-24)13(27)23-10(14(28)29)6-31-15(30)16(17,18)19/h7-10,24H,3-6,20H2,1-2H3,(H,21,26)(H,22,25)(H,23,27)(H,28,29)/t8-,9-,10-/m0/s1. The maximum Gasteiger partial charge on any atom is 0.490 e. The summed E-state index contributed by atoms with van der Waals surface area (Å²) in [5, 5.41) is 24.1. The number of carboxylic acid groups (broad SMARTS) is 1. The van der Waals surface area contributed by atoms with Crippen molar-refractivity contribution in [3.8, 4) is 0 Å². The van der Waals surface area contributed by atoms with Crippen molar-refractivity contribution >= 4 is 29.7 Å². The monoisotopic (exact) mass is 458 g/mol. The van der Waals surface area contributed by atoms with Gasteiger partial charge in [-0.1, -0.05) is 13.8 Å². The molecule has 178 valence electrons. The summed E-state index contributed by atoms with van der Waals surface area (Å²) in [6.07, 6.45) is -5.01. The summed E-state index contributed by atoms with van der Waals surface area (Å²) in [6, 6.07) is -4.66. The first kappa shape index (κ1) is 28.1. The van der Waals surface area contributed by atoms with E-state index in [2.05, 4.69) is 10.1 Å². The van der Waals surface area contributed by atoms with Crippen molar-refractivity contribution < 1.29 is 52.1 Å². The van der Waals surface area contributed by atoms with Crippen molar-refractivity contribution in [1.82, 2.24) is 16.0 Å². The van der Waals surface area contributed by atoms with Gasteiger partial charge in [-0.15, -0.1) is 0 Å². The van der Waals surface area contributed by atoms with Crippen molar-refractivity contribution in [1.29, 1.82) is 0 Å². The molecule has 0 aliphatic heterocycles. The van der Waals surface area contributed by atoms with Crippen LogP contribution in [0.15, 0.2) is 0 Å². The first-order valence-electron chi connectivity index (χ1n) is 8.89. The summed E-state index contributed by atoms with van der Waals surface area (Å²) in [7, 11) is 0. The number of carbonyl (C=O) groups excluding carboxylic acids is 4. The van der Waals surface area contributed by atoms with Crippen LogP contribution in [0.3, 0.4) is 0 Å². The maximum absolute atomic E-state index is 12.1. The Labute approximate surface area is 174 Å². The number of rotatable bonds is 12. The number of aliphatic hydroxyl groups excluding tert-OH is 1. The number of alkyl halides is 3. The zero-order chi connectivity index (χ0) is 24.4. The zero-order valence-electron chi connectivity index (χ0n) is 16.7. The number of amides is 3. The molecule has 0 saturated heterocycles. The van der Waals surface area contributed by atoms with Crippen LogP contribution in [0.5, 0.6) is 0 Å². The molecule has 0 saturated carbocycles. The lowest BCUT2D eigenvalue weighted by atomic mass is 10.0. The minimum atomic E-state index is -5.36. The molecule has 0 bridgehead atoms. The van der Waals surface area contributed by atoms with Crippen LogP contribution in [0.1, 0.15) is 20.3 Å². The number of carbonyl (C=O) groups is 5. The Morgan fingerprint density at radius 1 is 1.03 bits per heavy atom. The summed E-state index contributed by atoms with van der Waals surface area (Å²) in [6.45, 7) is 0.694. The fourth-order valence-electron chi connectivity index (χ4n) is 2.04. The van der Waals surface area contributed by atoms with Crippen molar-refractivity contribution in [2.75, 3.05) is 19.8 Å². The highest BCUT2D eigenvalue weighted by molar-refractivity contribution is 5.92. The second-order valence-corrected chi connectivity index (χ2v) is 6.75. The van der Waals surface area contributed by atoms with E-state index in [1.807, 2.05) is 19.2 Å². The largest absolute Gasteiger partial charge is 0.490 e. The van der Waals surface area contributed by atoms with Crippen molar-refractivity contribution in [3.05, 3.63) is 0 Å². The normalized spacial score (nSPS) is 14.2. The van der Waals surface area contributed by atoms with Gasteiger partial charge in [-0.25, -0.2) is 9.59 Å². The molecule has 7 N–H and O–H groups in total. The number of hydrogen-bond donors (Lipinski definition) is 6. The number of aliphatic hydroxyl groups is 1. The molecule has 0 radical (unpaired) electrons. The zero-order valence-corrected chi connectivity index (χ0v) is 16.7. The summed E-state index contributed by atoms with van der Waals surface area (Å²) in [4.78, 5) is 57.3. The van der Waals surface area contributed by atoms with Crippen LogP contribution in [-0.4, -0.2) is 83.9 Å². The van der Waals surface area contributed by atoms with Crippen LogP contribution < -0.4 is 21.7 Å². The number of nitrogens with two attached hydrogens (primary N) is 1. The van der Waals surface area contributed by atoms with E-state index >= 15 is 0 Å². The molecule has 0 aromatic rings. The number of halogens is 3. The van der Waals surface area contributed by atoms with Crippen LogP contribution in [0.25, 0.3) is 0 Å². The Hall–Kier alpha value is -2.94. The van der Waals surface area contributed by atoms with Gasteiger partial charge < -0.3 is 36.6 Å². The first-order chi connectivity index (χ1) is 14.2. The number of hydrogen-bond acceptors (Lipinski definition) is 8. The molecular weight excluding hydrogens is 433 g/mol. The molecule has 0 unspecified atom stereocenters. The van der Waals surface area contributed by atoms with Gasteiger partial charge in [0.2, 0.25) is 17.7 Å². The van der Waals surface area contributed by atoms with Gasteiger partial charge in [0.1, 0.15) is 12.6 Å². The van der Waals surface area contributed by atoms with Crippen molar-refractivity contribution in [2.24, 2.45) is 11.7 Å². The third-order valence-corrected chi connectivity index (χ3v) is 3.55. The lowest BCUT2D eigenvalue weighted by Gasteiger charge is -2.20. The van der Waals surface area contributed by atoms with E-state index < -0.39 is 73.7 Å². The molecule has 31 heavy (non-hydrogen) atoms. The number of aliphatic carboxylic acids is 1. The van der Waals surface area contributed by atoms with Gasteiger partial charge in [-0.3, -0.25) is 14.4 Å². The highest BCUT2D eigenvalue weighted by Gasteiger charge is 2.41. The third kappa shape index (κ3) is 11.1. The molecular formula is C16H25F3N4O8. The predicted octanol–water partition coefficient (Wildman–Crippen LogP) is -2.37. The molecule has 0 aromatic carbocycles. The van der Waals surface area contributed by atoms with Gasteiger partial charge in [-0.2, -0.15) is 13.2 Å². The quantitative estimate of drug-likeness (QED) is 0.173. The van der Waals surface area contributed by atoms with E-state index in [-0.39, 0.29) is 5.92 Å². The van der Waals surface area contributed by atoms with Gasteiger partial charge in [0, 0.05) is 0 Å². The second-order valence-electron chi connectivity index (χ2n) is 6.75. The molecule has 3 amide bonds. The smallest absolute Gasteiger partial charge is 0.480 e. The highest BCUT2D eigenvalue weighted by atomic mass is 19.4. The summed E-state index contributed by atoms with van der Waals surface area (Å²) >= 11 is 0. The van der Waals surface area contributed by atoms with Crippen molar-refractivity contribution in [2.45, 2.75) is 44.6 Å². The van der Waals surface area contributed by atoms with E-state index in [4.69, 9.17) is 10.8 Å². The molecule has 0 aliphatic carbocycles. The second kappa shape index (κ2) is 12.7. The molecule has 0 heterocycles. The van der Waals surface area contributed by atoms with Gasteiger partial charge >= 0.3 is 18.1 Å². The van der Waals surface area contributed by atoms with Crippen LogP contribution in [0.2, 0.25) is 0 Å². The van der Waals surface area contributed by atoms with Crippen LogP contribution >= 0.6 is 0 Å². The fourth-order valence-corrected chi connectivity index (χ4v) is 2.04. The van der Waals surface area contributed by atoms with E-state index in [0.29, 0.717) is 6.42 Å². The van der Waals surface area contributed by atoms with Crippen LogP contribution in [0, 0.1) is 5.92 Å². The average Bonchev–Trinajstić information content (AvgIpc) is 2.65. The number of carboxylic acids is 1. The first-order valence-corrected chi connectivity index (χ1v) is 8.89. The Bertz CT molecular complexity index is 672.